The molecule has 2 heterocycles. The van der Waals surface area contributed by atoms with Crippen molar-refractivity contribution in [2.75, 3.05) is 55.6 Å². The highest BCUT2D eigenvalue weighted by molar-refractivity contribution is 6.28. The molecule has 0 bridgehead atoms. The monoisotopic (exact) mass is 692 g/mol. The van der Waals surface area contributed by atoms with Gasteiger partial charge in [-0.1, -0.05) is 13.8 Å². The van der Waals surface area contributed by atoms with Crippen molar-refractivity contribution in [1.82, 2.24) is 25.6 Å². The van der Waals surface area contributed by atoms with E-state index in [2.05, 4.69) is 20.6 Å². The molecule has 48 heavy (non-hydrogen) atoms. The fourth-order valence-electron chi connectivity index (χ4n) is 5.50. The van der Waals surface area contributed by atoms with E-state index in [1.165, 1.54) is 0 Å². The largest absolute Gasteiger partial charge is 0.511 e. The molecule has 2 amide bonds. The highest BCUT2D eigenvalue weighted by Gasteiger charge is 2.34. The standard InChI is InChI=1S/C33H53ClN8O6/c1-21(25-23(43)18-33(8,9)19-24(25)44)37-20-22-10-14-41(15-11-22)27-38-26(34)39-28(40-27)42(16-12-35-29(45)47-31(2,3)4)17-13-36-30(46)48-32(5,6)7/h22,43H,10-20H2,1-9H3,(H,35,45)(H,36,46). The zero-order valence-electron chi connectivity index (χ0n) is 29.9. The number of carbonyl (C=O) groups excluding carboxylic acids is 3. The second-order valence-electron chi connectivity index (χ2n) is 15.2. The number of hydrogen-bond donors (Lipinski definition) is 3. The number of halogens is 1. The molecule has 0 radical (unpaired) electrons. The van der Waals surface area contributed by atoms with E-state index in [1.54, 1.807) is 53.4 Å². The zero-order valence-corrected chi connectivity index (χ0v) is 30.7. The number of alkyl carbamates (subject to hydrolysis) is 2. The molecule has 1 aliphatic heterocycles. The van der Waals surface area contributed by atoms with Crippen molar-refractivity contribution in [2.24, 2.45) is 16.3 Å². The average molecular weight is 693 g/mol. The maximum Gasteiger partial charge on any atom is 0.407 e. The normalized spacial score (nSPS) is 17.7. The van der Waals surface area contributed by atoms with Crippen LogP contribution in [0.1, 0.15) is 88.0 Å². The lowest BCUT2D eigenvalue weighted by atomic mass is 9.76. The van der Waals surface area contributed by atoms with Gasteiger partial charge in [-0.2, -0.15) is 15.0 Å². The van der Waals surface area contributed by atoms with Crippen molar-refractivity contribution in [3.8, 4) is 0 Å². The Morgan fingerprint density at radius 2 is 1.52 bits per heavy atom. The van der Waals surface area contributed by atoms with Gasteiger partial charge in [-0.25, -0.2) is 9.59 Å². The van der Waals surface area contributed by atoms with E-state index in [4.69, 9.17) is 31.1 Å². The predicted molar refractivity (Wildman–Crippen MR) is 186 cm³/mol. The third kappa shape index (κ3) is 12.7. The number of nitrogens with zero attached hydrogens (tertiary/aromatic N) is 6. The molecule has 14 nitrogen and oxygen atoms in total. The predicted octanol–water partition coefficient (Wildman–Crippen LogP) is 5.26. The first-order valence-corrected chi connectivity index (χ1v) is 16.9. The van der Waals surface area contributed by atoms with Gasteiger partial charge in [0.15, 0.2) is 5.78 Å². The van der Waals surface area contributed by atoms with Crippen LogP contribution in [0.5, 0.6) is 0 Å². The molecule has 0 atom stereocenters. The van der Waals surface area contributed by atoms with Crippen LogP contribution >= 0.6 is 11.6 Å². The highest BCUT2D eigenvalue weighted by Crippen LogP contribution is 2.36. The lowest BCUT2D eigenvalue weighted by Crippen LogP contribution is -2.43. The van der Waals surface area contributed by atoms with Crippen molar-refractivity contribution < 1.29 is 29.0 Å². The number of hydrogen-bond acceptors (Lipinski definition) is 12. The Kier molecular flexibility index (Phi) is 13.0. The molecular formula is C33H53ClN8O6. The summed E-state index contributed by atoms with van der Waals surface area (Å²) in [5.74, 6) is 1.10. The summed E-state index contributed by atoms with van der Waals surface area (Å²) in [4.78, 5) is 59.2. The van der Waals surface area contributed by atoms with Crippen LogP contribution in [0.3, 0.4) is 0 Å². The van der Waals surface area contributed by atoms with Gasteiger partial charge in [-0.05, 0) is 84.2 Å². The number of amides is 2. The Balaban J connectivity index is 1.66. The summed E-state index contributed by atoms with van der Waals surface area (Å²) in [6.07, 6.45) is 1.41. The molecule has 0 saturated carbocycles. The number of aliphatic hydroxyl groups excluding tert-OH is 1. The molecule has 1 aliphatic carbocycles. The summed E-state index contributed by atoms with van der Waals surface area (Å²) in [6.45, 7) is 19.4. The minimum atomic E-state index is -0.636. The minimum Gasteiger partial charge on any atom is -0.511 e. The van der Waals surface area contributed by atoms with Crippen LogP contribution in [0.4, 0.5) is 21.5 Å². The minimum absolute atomic E-state index is 0.0240. The molecule has 3 rings (SSSR count). The number of carbonyl (C=O) groups is 3. The number of anilines is 2. The number of piperidine rings is 1. The molecular weight excluding hydrogens is 640 g/mol. The van der Waals surface area contributed by atoms with Gasteiger partial charge in [-0.15, -0.1) is 0 Å². The lowest BCUT2D eigenvalue weighted by molar-refractivity contribution is -0.118. The van der Waals surface area contributed by atoms with E-state index >= 15 is 0 Å². The first-order valence-electron chi connectivity index (χ1n) is 16.5. The molecule has 3 N–H and O–H groups in total. The second kappa shape index (κ2) is 16.1. The Morgan fingerprint density at radius 3 is 2.02 bits per heavy atom. The average Bonchev–Trinajstić information content (AvgIpc) is 2.92. The van der Waals surface area contributed by atoms with Crippen molar-refractivity contribution in [2.45, 2.75) is 99.2 Å². The van der Waals surface area contributed by atoms with Crippen molar-refractivity contribution in [1.29, 1.82) is 0 Å². The molecule has 15 heteroatoms. The fraction of sp³-hybridized carbons (Fsp3) is 0.727. The highest BCUT2D eigenvalue weighted by atomic mass is 35.5. The third-order valence-electron chi connectivity index (χ3n) is 7.67. The van der Waals surface area contributed by atoms with Gasteiger partial charge < -0.3 is 35.0 Å². The molecule has 268 valence electrons. The van der Waals surface area contributed by atoms with Crippen molar-refractivity contribution in [3.05, 3.63) is 16.6 Å². The molecule has 0 unspecified atom stereocenters. The van der Waals surface area contributed by atoms with Gasteiger partial charge in [0, 0.05) is 64.4 Å². The number of Topliss-reactive ketones (excluding diaryl/α,β-unsaturated/α-hetero) is 1. The van der Waals surface area contributed by atoms with Crippen LogP contribution < -0.4 is 20.4 Å². The van der Waals surface area contributed by atoms with Gasteiger partial charge in [0.05, 0.1) is 5.57 Å². The summed E-state index contributed by atoms with van der Waals surface area (Å²) >= 11 is 6.39. The maximum absolute atomic E-state index is 12.7. The zero-order chi connectivity index (χ0) is 35.9. The van der Waals surface area contributed by atoms with Crippen molar-refractivity contribution in [3.63, 3.8) is 0 Å². The lowest BCUT2D eigenvalue weighted by Gasteiger charge is -2.32. The third-order valence-corrected chi connectivity index (χ3v) is 7.83. The quantitative estimate of drug-likeness (QED) is 0.258. The Morgan fingerprint density at radius 1 is 0.979 bits per heavy atom. The molecule has 1 fully saturated rings. The number of ether oxygens (including phenoxy) is 2. The van der Waals surface area contributed by atoms with Crippen LogP contribution in [0.2, 0.25) is 5.28 Å². The number of aliphatic hydroxyl groups is 1. The molecule has 1 aromatic rings. The number of allylic oxidation sites excluding steroid dienone is 2. The molecule has 0 aromatic carbocycles. The van der Waals surface area contributed by atoms with Gasteiger partial charge in [-0.3, -0.25) is 9.79 Å². The number of aromatic nitrogens is 3. The van der Waals surface area contributed by atoms with Crippen LogP contribution in [-0.2, 0) is 14.3 Å². The smallest absolute Gasteiger partial charge is 0.407 e. The summed E-state index contributed by atoms with van der Waals surface area (Å²) in [5.41, 5.74) is -0.565. The molecule has 0 spiro atoms. The first-order chi connectivity index (χ1) is 22.2. The van der Waals surface area contributed by atoms with E-state index in [0.29, 0.717) is 74.7 Å². The van der Waals surface area contributed by atoms with E-state index < -0.39 is 23.4 Å². The number of rotatable bonds is 11. The SMILES string of the molecule is CC(=NCC1CCN(c2nc(Cl)nc(N(CCNC(=O)OC(C)(C)C)CCNC(=O)OC(C)(C)C)n2)CC1)C1=C(O)CC(C)(C)CC1=O. The second-order valence-corrected chi connectivity index (χ2v) is 15.5. The maximum atomic E-state index is 12.7. The number of nitrogens with one attached hydrogen (secondary N) is 2. The molecule has 2 aliphatic rings. The number of ketones is 1. The van der Waals surface area contributed by atoms with Gasteiger partial charge in [0.2, 0.25) is 17.2 Å². The van der Waals surface area contributed by atoms with Gasteiger partial charge in [0.25, 0.3) is 0 Å². The molecule has 1 saturated heterocycles. The number of aliphatic imine (C=N–C) groups is 1. The van der Waals surface area contributed by atoms with Crippen molar-refractivity contribution >= 4 is 47.2 Å². The summed E-state index contributed by atoms with van der Waals surface area (Å²) in [6, 6.07) is 0. The Labute approximate surface area is 289 Å². The van der Waals surface area contributed by atoms with Gasteiger partial charge >= 0.3 is 12.2 Å². The molecule has 1 aromatic heterocycles. The summed E-state index contributed by atoms with van der Waals surface area (Å²) in [7, 11) is 0. The van der Waals surface area contributed by atoms with Crippen LogP contribution in [0, 0.1) is 11.3 Å². The summed E-state index contributed by atoms with van der Waals surface area (Å²) in [5, 5.41) is 16.0. The van der Waals surface area contributed by atoms with E-state index in [-0.39, 0.29) is 35.3 Å². The van der Waals surface area contributed by atoms with Crippen LogP contribution in [0.15, 0.2) is 16.3 Å². The van der Waals surface area contributed by atoms with E-state index in [0.717, 1.165) is 12.8 Å². The van der Waals surface area contributed by atoms with Gasteiger partial charge in [0.1, 0.15) is 17.0 Å². The Hall–Kier alpha value is -3.68. The first kappa shape index (κ1) is 38.8. The summed E-state index contributed by atoms with van der Waals surface area (Å²) < 4.78 is 10.7. The fourth-order valence-corrected chi connectivity index (χ4v) is 5.65. The van der Waals surface area contributed by atoms with E-state index in [1.807, 2.05) is 18.7 Å². The van der Waals surface area contributed by atoms with E-state index in [9.17, 15) is 19.5 Å². The topological polar surface area (TPSA) is 171 Å². The van der Waals surface area contributed by atoms with Crippen LogP contribution in [0.25, 0.3) is 0 Å². The van der Waals surface area contributed by atoms with Crippen LogP contribution in [-0.4, -0.2) is 101 Å². The Bertz CT molecular complexity index is 1340.